The number of alkyl halides is 1. The first-order valence-corrected chi connectivity index (χ1v) is 5.00. The topological polar surface area (TPSA) is 35.5 Å². The molecule has 0 aromatic heterocycles. The molecule has 2 rings (SSSR count). The molecule has 68 valence electrons. The van der Waals surface area contributed by atoms with Crippen molar-refractivity contribution in [3.05, 3.63) is 29.3 Å². The van der Waals surface area contributed by atoms with Gasteiger partial charge in [-0.25, -0.2) is 4.79 Å². The van der Waals surface area contributed by atoms with E-state index in [0.717, 1.165) is 5.56 Å². The van der Waals surface area contributed by atoms with E-state index >= 15 is 0 Å². The van der Waals surface area contributed by atoms with Gasteiger partial charge in [-0.1, -0.05) is 6.07 Å². The van der Waals surface area contributed by atoms with E-state index in [9.17, 15) is 4.79 Å². The molecule has 4 heteroatoms. The number of rotatable bonds is 1. The molecule has 0 radical (unpaired) electrons. The molecule has 0 fully saturated rings. The number of fused-ring (bicyclic) bond motifs is 1. The quantitative estimate of drug-likeness (QED) is 0.452. The van der Waals surface area contributed by atoms with Crippen LogP contribution in [0.15, 0.2) is 18.2 Å². The van der Waals surface area contributed by atoms with Gasteiger partial charge in [0, 0.05) is 0 Å². The Labute approximate surface area is 89.2 Å². The van der Waals surface area contributed by atoms with E-state index in [1.54, 1.807) is 19.2 Å². The van der Waals surface area contributed by atoms with Gasteiger partial charge in [-0.2, -0.15) is 0 Å². The maximum Gasteiger partial charge on any atom is 0.340 e. The van der Waals surface area contributed by atoms with Crippen molar-refractivity contribution in [1.29, 1.82) is 0 Å². The summed E-state index contributed by atoms with van der Waals surface area (Å²) in [6.45, 7) is 0. The van der Waals surface area contributed by atoms with Gasteiger partial charge < -0.3 is 9.47 Å². The number of hydrogen-bond acceptors (Lipinski definition) is 3. The third kappa shape index (κ3) is 1.29. The molecule has 0 amide bonds. The molecule has 0 aliphatic carbocycles. The van der Waals surface area contributed by atoms with Gasteiger partial charge in [-0.05, 0) is 34.7 Å². The summed E-state index contributed by atoms with van der Waals surface area (Å²) in [4.78, 5) is 11.3. The molecule has 1 atom stereocenters. The van der Waals surface area contributed by atoms with Gasteiger partial charge in [0.25, 0.3) is 0 Å². The van der Waals surface area contributed by atoms with Crippen LogP contribution in [0.3, 0.4) is 0 Å². The average Bonchev–Trinajstić information content (AvgIpc) is 2.43. The minimum atomic E-state index is -0.270. The third-order valence-corrected chi connectivity index (χ3v) is 2.82. The van der Waals surface area contributed by atoms with Gasteiger partial charge in [0.2, 0.25) is 0 Å². The molecular weight excluding hydrogens is 283 g/mol. The predicted molar refractivity (Wildman–Crippen MR) is 55.2 cm³/mol. The van der Waals surface area contributed by atoms with E-state index < -0.39 is 0 Å². The fraction of sp³-hybridized carbons (Fsp3) is 0.222. The van der Waals surface area contributed by atoms with Crippen molar-refractivity contribution in [3.63, 3.8) is 0 Å². The summed E-state index contributed by atoms with van der Waals surface area (Å²) in [5.74, 6) is 0.441. The van der Waals surface area contributed by atoms with E-state index in [1.807, 2.05) is 6.07 Å². The predicted octanol–water partition coefficient (Wildman–Crippen LogP) is 2.30. The lowest BCUT2D eigenvalue weighted by molar-refractivity contribution is 0.0540. The molecule has 3 nitrogen and oxygen atoms in total. The second-order valence-corrected chi connectivity index (χ2v) is 3.77. The summed E-state index contributed by atoms with van der Waals surface area (Å²) in [6, 6.07) is 5.36. The Bertz CT molecular complexity index is 362. The number of carbonyl (C=O) groups is 1. The average molecular weight is 290 g/mol. The van der Waals surface area contributed by atoms with Gasteiger partial charge in [-0.3, -0.25) is 0 Å². The van der Waals surface area contributed by atoms with Crippen LogP contribution < -0.4 is 4.74 Å². The van der Waals surface area contributed by atoms with Crippen molar-refractivity contribution in [3.8, 4) is 5.75 Å². The molecule has 1 heterocycles. The van der Waals surface area contributed by atoms with Crippen molar-refractivity contribution >= 4 is 28.6 Å². The summed E-state index contributed by atoms with van der Waals surface area (Å²) in [5.41, 5.74) is 1.45. The second kappa shape index (κ2) is 3.17. The zero-order valence-corrected chi connectivity index (χ0v) is 9.07. The summed E-state index contributed by atoms with van der Waals surface area (Å²) in [7, 11) is 1.59. The SMILES string of the molecule is COc1cccc2c1C(I)OC2=O. The van der Waals surface area contributed by atoms with Crippen LogP contribution in [0.5, 0.6) is 5.75 Å². The molecular formula is C9H7IO3. The van der Waals surface area contributed by atoms with Crippen molar-refractivity contribution in [2.75, 3.05) is 7.11 Å². The van der Waals surface area contributed by atoms with E-state index in [2.05, 4.69) is 22.6 Å². The number of esters is 1. The fourth-order valence-electron chi connectivity index (χ4n) is 1.35. The van der Waals surface area contributed by atoms with Crippen LogP contribution in [0.2, 0.25) is 0 Å². The zero-order chi connectivity index (χ0) is 9.42. The van der Waals surface area contributed by atoms with Gasteiger partial charge in [0.15, 0.2) is 4.11 Å². The molecule has 1 unspecified atom stereocenters. The van der Waals surface area contributed by atoms with Crippen molar-refractivity contribution in [2.24, 2.45) is 0 Å². The van der Waals surface area contributed by atoms with Crippen LogP contribution in [0.1, 0.15) is 20.0 Å². The normalized spacial score (nSPS) is 19.5. The smallest absolute Gasteiger partial charge is 0.340 e. The largest absolute Gasteiger partial charge is 0.496 e. The highest BCUT2D eigenvalue weighted by atomic mass is 127. The number of ether oxygens (including phenoxy) is 2. The maximum atomic E-state index is 11.3. The minimum absolute atomic E-state index is 0.226. The summed E-state index contributed by atoms with van der Waals surface area (Å²) >= 11 is 2.06. The second-order valence-electron chi connectivity index (χ2n) is 2.64. The van der Waals surface area contributed by atoms with Gasteiger partial charge in [-0.15, -0.1) is 0 Å². The summed E-state index contributed by atoms with van der Waals surface area (Å²) < 4.78 is 9.95. The number of halogens is 1. The Morgan fingerprint density at radius 3 is 3.00 bits per heavy atom. The first kappa shape index (κ1) is 8.80. The minimum Gasteiger partial charge on any atom is -0.496 e. The van der Waals surface area contributed by atoms with E-state index in [1.165, 1.54) is 0 Å². The Kier molecular flexibility index (Phi) is 2.15. The first-order chi connectivity index (χ1) is 6.24. The van der Waals surface area contributed by atoms with Crippen LogP contribution in [0.25, 0.3) is 0 Å². The molecule has 1 aromatic carbocycles. The van der Waals surface area contributed by atoms with Crippen LogP contribution >= 0.6 is 22.6 Å². The lowest BCUT2D eigenvalue weighted by Gasteiger charge is -2.06. The zero-order valence-electron chi connectivity index (χ0n) is 6.91. The van der Waals surface area contributed by atoms with Crippen LogP contribution in [0.4, 0.5) is 0 Å². The number of methoxy groups -OCH3 is 1. The van der Waals surface area contributed by atoms with Gasteiger partial charge >= 0.3 is 5.97 Å². The Morgan fingerprint density at radius 1 is 1.54 bits per heavy atom. The number of hydrogen-bond donors (Lipinski definition) is 0. The highest BCUT2D eigenvalue weighted by molar-refractivity contribution is 14.1. The highest BCUT2D eigenvalue weighted by Crippen LogP contribution is 2.40. The standard InChI is InChI=1S/C9H7IO3/c1-12-6-4-2-3-5-7(6)8(10)13-9(5)11/h2-4,8H,1H3. The Balaban J connectivity index is 2.62. The molecule has 1 aliphatic rings. The lowest BCUT2D eigenvalue weighted by atomic mass is 10.1. The Hall–Kier alpha value is -0.780. The van der Waals surface area contributed by atoms with Crippen molar-refractivity contribution in [1.82, 2.24) is 0 Å². The molecule has 0 spiro atoms. The van der Waals surface area contributed by atoms with E-state index in [4.69, 9.17) is 9.47 Å². The maximum absolute atomic E-state index is 11.3. The van der Waals surface area contributed by atoms with Crippen LogP contribution in [0, 0.1) is 0 Å². The third-order valence-electron chi connectivity index (χ3n) is 1.94. The summed E-state index contributed by atoms with van der Waals surface area (Å²) in [6.07, 6.45) is 0. The molecule has 1 aliphatic heterocycles. The monoisotopic (exact) mass is 290 g/mol. The number of cyclic esters (lactones) is 1. The van der Waals surface area contributed by atoms with Crippen LogP contribution in [-0.2, 0) is 4.74 Å². The summed E-state index contributed by atoms with van der Waals surface area (Å²) in [5, 5.41) is 0. The first-order valence-electron chi connectivity index (χ1n) is 3.76. The van der Waals surface area contributed by atoms with Crippen molar-refractivity contribution < 1.29 is 14.3 Å². The molecule has 0 bridgehead atoms. The molecule has 0 saturated heterocycles. The molecule has 13 heavy (non-hydrogen) atoms. The number of carbonyl (C=O) groups excluding carboxylic acids is 1. The van der Waals surface area contributed by atoms with Crippen molar-refractivity contribution in [2.45, 2.75) is 4.11 Å². The van der Waals surface area contributed by atoms with E-state index in [0.29, 0.717) is 11.3 Å². The molecule has 0 saturated carbocycles. The fourth-order valence-corrected chi connectivity index (χ4v) is 2.22. The Morgan fingerprint density at radius 2 is 2.31 bits per heavy atom. The van der Waals surface area contributed by atoms with E-state index in [-0.39, 0.29) is 10.1 Å². The molecule has 1 aromatic rings. The lowest BCUT2D eigenvalue weighted by Crippen LogP contribution is -1.93. The molecule has 0 N–H and O–H groups in total. The highest BCUT2D eigenvalue weighted by Gasteiger charge is 2.31. The number of benzene rings is 1. The van der Waals surface area contributed by atoms with Crippen LogP contribution in [-0.4, -0.2) is 13.1 Å². The van der Waals surface area contributed by atoms with Gasteiger partial charge in [0.05, 0.1) is 18.2 Å². The van der Waals surface area contributed by atoms with Gasteiger partial charge in [0.1, 0.15) is 5.75 Å².